The Morgan fingerprint density at radius 1 is 1.00 bits per heavy atom. The van der Waals surface area contributed by atoms with Crippen molar-refractivity contribution in [3.8, 4) is 0 Å². The van der Waals surface area contributed by atoms with E-state index in [1.807, 2.05) is 26.0 Å². The number of sulfonamides is 1. The van der Waals surface area contributed by atoms with Crippen LogP contribution >= 0.6 is 0 Å². The molecule has 2 rings (SSSR count). The average molecular weight is 388 g/mol. The van der Waals surface area contributed by atoms with E-state index in [2.05, 4.69) is 0 Å². The highest BCUT2D eigenvalue weighted by Gasteiger charge is 2.27. The second-order valence-electron chi connectivity index (χ2n) is 6.19. The van der Waals surface area contributed by atoms with Crippen LogP contribution < -0.4 is 4.31 Å². The van der Waals surface area contributed by atoms with Gasteiger partial charge in [0.25, 0.3) is 10.0 Å². The first-order chi connectivity index (χ1) is 12.8. The number of carbonyl (C=O) groups is 1. The van der Waals surface area contributed by atoms with Crippen molar-refractivity contribution in [2.24, 2.45) is 0 Å². The molecule has 0 aliphatic heterocycles. The molecule has 0 N–H and O–H groups in total. The molecule has 0 bridgehead atoms. The van der Waals surface area contributed by atoms with Crippen molar-refractivity contribution in [1.29, 1.82) is 0 Å². The molecular weight excluding hydrogens is 362 g/mol. The van der Waals surface area contributed by atoms with E-state index in [1.165, 1.54) is 4.31 Å². The van der Waals surface area contributed by atoms with E-state index in [0.717, 1.165) is 11.1 Å². The van der Waals surface area contributed by atoms with Gasteiger partial charge in [-0.2, -0.15) is 0 Å². The van der Waals surface area contributed by atoms with Crippen molar-refractivity contribution >= 4 is 21.7 Å². The normalized spacial score (nSPS) is 11.9. The first-order valence-corrected chi connectivity index (χ1v) is 10.2. The van der Waals surface area contributed by atoms with Crippen LogP contribution in [0.15, 0.2) is 65.1 Å². The molecule has 27 heavy (non-hydrogen) atoms. The summed E-state index contributed by atoms with van der Waals surface area (Å²) in [6, 6.07) is 13.8. The number of aryl methyl sites for hydroxylation is 2. The van der Waals surface area contributed by atoms with Crippen LogP contribution in [0, 0.1) is 13.8 Å². The topological polar surface area (TPSA) is 63.7 Å². The quantitative estimate of drug-likeness (QED) is 0.532. The van der Waals surface area contributed by atoms with Gasteiger partial charge in [-0.25, -0.2) is 13.2 Å². The number of esters is 1. The van der Waals surface area contributed by atoms with E-state index in [9.17, 15) is 13.2 Å². The number of hydrogen-bond acceptors (Lipinski definition) is 4. The molecule has 0 unspecified atom stereocenters. The lowest BCUT2D eigenvalue weighted by molar-refractivity contribution is -0.138. The van der Waals surface area contributed by atoms with Crippen molar-refractivity contribution < 1.29 is 17.9 Å². The van der Waals surface area contributed by atoms with Gasteiger partial charge in [-0.1, -0.05) is 41.5 Å². The molecule has 144 valence electrons. The van der Waals surface area contributed by atoms with Crippen LogP contribution in [0.4, 0.5) is 5.69 Å². The highest BCUT2D eigenvalue weighted by atomic mass is 32.2. The Labute approximate surface area is 161 Å². The predicted octanol–water partition coefficient (Wildman–Crippen LogP) is 4.01. The highest BCUT2D eigenvalue weighted by molar-refractivity contribution is 7.92. The SMILES string of the molecule is C/C=C(\CN(c1ccc(C)cc1)S(=O)(=O)c1ccc(C)cc1)C(=O)OCC. The van der Waals surface area contributed by atoms with Crippen molar-refractivity contribution in [3.05, 3.63) is 71.3 Å². The fourth-order valence-corrected chi connectivity index (χ4v) is 3.96. The molecule has 0 radical (unpaired) electrons. The van der Waals surface area contributed by atoms with E-state index >= 15 is 0 Å². The van der Waals surface area contributed by atoms with Gasteiger partial charge in [-0.05, 0) is 52.0 Å². The Bertz CT molecular complexity index is 914. The molecule has 6 heteroatoms. The molecule has 0 fully saturated rings. The zero-order chi connectivity index (χ0) is 20.0. The van der Waals surface area contributed by atoms with Crippen LogP contribution in [-0.4, -0.2) is 27.5 Å². The number of carbonyl (C=O) groups excluding carboxylic acids is 1. The van der Waals surface area contributed by atoms with Crippen molar-refractivity contribution in [1.82, 2.24) is 0 Å². The summed E-state index contributed by atoms with van der Waals surface area (Å²) in [5, 5.41) is 0. The van der Waals surface area contributed by atoms with Gasteiger partial charge in [-0.15, -0.1) is 0 Å². The summed E-state index contributed by atoms with van der Waals surface area (Å²) >= 11 is 0. The van der Waals surface area contributed by atoms with Crippen LogP contribution in [0.5, 0.6) is 0 Å². The van der Waals surface area contributed by atoms with Crippen LogP contribution in [0.2, 0.25) is 0 Å². The van der Waals surface area contributed by atoms with Gasteiger partial charge in [0.05, 0.1) is 29.3 Å². The zero-order valence-corrected chi connectivity index (χ0v) is 16.9. The van der Waals surface area contributed by atoms with Crippen molar-refractivity contribution in [2.75, 3.05) is 17.5 Å². The van der Waals surface area contributed by atoms with E-state index in [0.29, 0.717) is 5.69 Å². The van der Waals surface area contributed by atoms with Gasteiger partial charge >= 0.3 is 5.97 Å². The molecule has 0 saturated carbocycles. The van der Waals surface area contributed by atoms with E-state index in [-0.39, 0.29) is 23.6 Å². The van der Waals surface area contributed by atoms with Crippen LogP contribution in [0.25, 0.3) is 0 Å². The fraction of sp³-hybridized carbons (Fsp3) is 0.286. The Morgan fingerprint density at radius 3 is 2.00 bits per heavy atom. The fourth-order valence-electron chi connectivity index (χ4n) is 2.52. The Hall–Kier alpha value is -2.60. The average Bonchev–Trinajstić information content (AvgIpc) is 2.64. The number of ether oxygens (including phenoxy) is 1. The lowest BCUT2D eigenvalue weighted by Gasteiger charge is -2.25. The van der Waals surface area contributed by atoms with Crippen molar-refractivity contribution in [3.63, 3.8) is 0 Å². The standard InChI is InChI=1S/C21H25NO4S/c1-5-18(21(23)26-6-2)15-22(19-11-7-16(3)8-12-19)27(24,25)20-13-9-17(4)10-14-20/h5,7-14H,6,15H2,1-4H3/b18-5+. The molecule has 0 amide bonds. The Morgan fingerprint density at radius 2 is 1.52 bits per heavy atom. The maximum atomic E-state index is 13.3. The summed E-state index contributed by atoms with van der Waals surface area (Å²) in [5.74, 6) is -0.517. The molecule has 0 spiro atoms. The molecule has 2 aromatic rings. The smallest absolute Gasteiger partial charge is 0.335 e. The molecule has 0 aliphatic rings. The summed E-state index contributed by atoms with van der Waals surface area (Å²) < 4.78 is 32.9. The molecule has 0 saturated heterocycles. The maximum Gasteiger partial charge on any atom is 0.335 e. The lowest BCUT2D eigenvalue weighted by Crippen LogP contribution is -2.34. The minimum atomic E-state index is -3.85. The summed E-state index contributed by atoms with van der Waals surface area (Å²) in [7, 11) is -3.85. The molecule has 0 heterocycles. The summed E-state index contributed by atoms with van der Waals surface area (Å²) in [4.78, 5) is 12.4. The van der Waals surface area contributed by atoms with Crippen LogP contribution in [0.3, 0.4) is 0 Å². The minimum Gasteiger partial charge on any atom is -0.463 e. The number of allylic oxidation sites excluding steroid dienone is 1. The van der Waals surface area contributed by atoms with E-state index < -0.39 is 16.0 Å². The molecule has 0 aromatic heterocycles. The molecule has 0 atom stereocenters. The van der Waals surface area contributed by atoms with Gasteiger partial charge in [0.2, 0.25) is 0 Å². The zero-order valence-electron chi connectivity index (χ0n) is 16.1. The third kappa shape index (κ3) is 4.98. The van der Waals surface area contributed by atoms with Crippen LogP contribution in [-0.2, 0) is 19.6 Å². The van der Waals surface area contributed by atoms with Gasteiger partial charge < -0.3 is 4.74 Å². The van der Waals surface area contributed by atoms with E-state index in [1.54, 1.807) is 56.3 Å². The van der Waals surface area contributed by atoms with E-state index in [4.69, 9.17) is 4.74 Å². The first kappa shape index (κ1) is 20.7. The minimum absolute atomic E-state index is 0.103. The largest absolute Gasteiger partial charge is 0.463 e. The molecular formula is C21H25NO4S. The molecule has 5 nitrogen and oxygen atoms in total. The van der Waals surface area contributed by atoms with Crippen molar-refractivity contribution in [2.45, 2.75) is 32.6 Å². The van der Waals surface area contributed by atoms with Gasteiger partial charge in [0.15, 0.2) is 0 Å². The second-order valence-corrected chi connectivity index (χ2v) is 8.06. The summed E-state index contributed by atoms with van der Waals surface area (Å²) in [5.41, 5.74) is 2.76. The lowest BCUT2D eigenvalue weighted by atomic mass is 10.2. The number of hydrogen-bond donors (Lipinski definition) is 0. The number of rotatable bonds is 7. The van der Waals surface area contributed by atoms with Crippen LogP contribution in [0.1, 0.15) is 25.0 Å². The second kappa shape index (κ2) is 8.86. The Balaban J connectivity index is 2.51. The predicted molar refractivity (Wildman–Crippen MR) is 107 cm³/mol. The third-order valence-electron chi connectivity index (χ3n) is 4.13. The number of anilines is 1. The van der Waals surface area contributed by atoms with Gasteiger partial charge in [0, 0.05) is 0 Å². The monoisotopic (exact) mass is 387 g/mol. The number of nitrogens with zero attached hydrogens (tertiary/aromatic N) is 1. The first-order valence-electron chi connectivity index (χ1n) is 8.78. The van der Waals surface area contributed by atoms with Gasteiger partial charge in [0.1, 0.15) is 0 Å². The molecule has 0 aliphatic carbocycles. The third-order valence-corrected chi connectivity index (χ3v) is 5.92. The summed E-state index contributed by atoms with van der Waals surface area (Å²) in [6.45, 7) is 7.36. The maximum absolute atomic E-state index is 13.3. The Kier molecular flexibility index (Phi) is 6.80. The highest BCUT2D eigenvalue weighted by Crippen LogP contribution is 2.26. The summed E-state index contributed by atoms with van der Waals surface area (Å²) in [6.07, 6.45) is 1.59. The molecule has 2 aromatic carbocycles. The number of benzene rings is 2. The van der Waals surface area contributed by atoms with Gasteiger partial charge in [-0.3, -0.25) is 4.31 Å².